The van der Waals surface area contributed by atoms with Crippen LogP contribution in [-0.4, -0.2) is 5.97 Å². The van der Waals surface area contributed by atoms with Crippen molar-refractivity contribution in [2.75, 3.05) is 0 Å². The van der Waals surface area contributed by atoms with Gasteiger partial charge in [0.25, 0.3) is 0 Å². The van der Waals surface area contributed by atoms with Crippen LogP contribution in [0.3, 0.4) is 0 Å². The molecule has 8 N–H and O–H groups in total. The van der Waals surface area contributed by atoms with Crippen molar-refractivity contribution < 1.29 is 33.9 Å². The summed E-state index contributed by atoms with van der Waals surface area (Å²) < 4.78 is 0. The molecule has 0 saturated heterocycles. The minimum atomic E-state index is -1.19. The van der Waals surface area contributed by atoms with E-state index in [9.17, 15) is 9.90 Å². The number of aliphatic carboxylic acids is 1. The number of hydrogen-bond donors (Lipinski definition) is 2. The summed E-state index contributed by atoms with van der Waals surface area (Å²) in [7, 11) is 0. The molecule has 0 atom stereocenters. The summed E-state index contributed by atoms with van der Waals surface area (Å²) in [5.74, 6) is -1.19. The second kappa shape index (κ2) is 10.8. The number of halogens is 1. The summed E-state index contributed by atoms with van der Waals surface area (Å²) in [6, 6.07) is 0. The van der Waals surface area contributed by atoms with Crippen molar-refractivity contribution in [3.8, 4) is 0 Å². The third kappa shape index (κ3) is 18.1. The summed E-state index contributed by atoms with van der Waals surface area (Å²) in [6.45, 7) is 4.48. The monoisotopic (exact) mass is 248 g/mol. The van der Waals surface area contributed by atoms with Gasteiger partial charge in [0, 0.05) is 0 Å². The van der Waals surface area contributed by atoms with Crippen molar-refractivity contribution in [3.63, 3.8) is 0 Å². The fourth-order valence-electron chi connectivity index (χ4n) is 0. The summed E-state index contributed by atoms with van der Waals surface area (Å²) >= 11 is 0. The Balaban J connectivity index is -0.0000000417. The molecule has 4 nitrogen and oxygen atoms in total. The minimum Gasteiger partial charge on any atom is -1.00 e. The molecular formula is C4H13IN2O2. The van der Waals surface area contributed by atoms with E-state index in [2.05, 4.69) is 6.58 Å². The number of quaternary nitrogens is 2. The molecule has 0 fully saturated rings. The molecule has 9 heavy (non-hydrogen) atoms. The van der Waals surface area contributed by atoms with Crippen LogP contribution < -0.4 is 41.4 Å². The van der Waals surface area contributed by atoms with Crippen LogP contribution in [0.1, 0.15) is 6.92 Å². The van der Waals surface area contributed by atoms with E-state index in [1.54, 1.807) is 0 Å². The predicted molar refractivity (Wildman–Crippen MR) is 31.8 cm³/mol. The lowest BCUT2D eigenvalue weighted by Gasteiger charge is -1.93. The molecule has 0 bridgehead atoms. The molecule has 0 aliphatic carbocycles. The molecule has 0 aromatic carbocycles. The summed E-state index contributed by atoms with van der Waals surface area (Å²) in [5, 5.41) is 9.49. The van der Waals surface area contributed by atoms with Gasteiger partial charge in [-0.3, -0.25) is 0 Å². The van der Waals surface area contributed by atoms with Gasteiger partial charge in [0.05, 0.1) is 5.97 Å². The predicted octanol–water partition coefficient (Wildman–Crippen LogP) is -2.93. The first kappa shape index (κ1) is 23.2. The van der Waals surface area contributed by atoms with Crippen molar-refractivity contribution in [2.45, 2.75) is 6.92 Å². The van der Waals surface area contributed by atoms with Crippen LogP contribution in [0, 0.1) is 0 Å². The molecule has 0 rings (SSSR count). The normalized spacial score (nSPS) is 5.00. The van der Waals surface area contributed by atoms with E-state index >= 15 is 0 Å². The van der Waals surface area contributed by atoms with E-state index in [1.807, 2.05) is 0 Å². The lowest BCUT2D eigenvalue weighted by molar-refractivity contribution is -0.299. The smallest absolute Gasteiger partial charge is 0.0666 e. The Morgan fingerprint density at radius 3 is 1.56 bits per heavy atom. The molecule has 0 spiro atoms. The summed E-state index contributed by atoms with van der Waals surface area (Å²) in [5.41, 5.74) is 0.0648. The molecule has 0 saturated carbocycles. The maximum Gasteiger partial charge on any atom is 0.0666 e. The highest BCUT2D eigenvalue weighted by Crippen LogP contribution is 1.77. The number of carboxylic acid groups (broad SMARTS) is 1. The zero-order chi connectivity index (χ0) is 5.15. The number of carboxylic acids is 1. The number of hydrogen-bond acceptors (Lipinski definition) is 2. The fourth-order valence-corrected chi connectivity index (χ4v) is 0. The first-order valence-electron chi connectivity index (χ1n) is 1.51. The van der Waals surface area contributed by atoms with Crippen LogP contribution in [0.4, 0.5) is 0 Å². The van der Waals surface area contributed by atoms with Crippen molar-refractivity contribution in [2.24, 2.45) is 0 Å². The van der Waals surface area contributed by atoms with Gasteiger partial charge in [0.1, 0.15) is 0 Å². The average Bonchev–Trinajstić information content (AvgIpc) is 1.36. The Morgan fingerprint density at radius 2 is 1.56 bits per heavy atom. The van der Waals surface area contributed by atoms with Gasteiger partial charge in [-0.25, -0.2) is 0 Å². The SMILES string of the molecule is C=C(C)C(=O)[O-].[I-].[NH4+].[NH4+]. The first-order chi connectivity index (χ1) is 2.64. The Hall–Kier alpha value is -0.140. The molecule has 0 unspecified atom stereocenters. The highest BCUT2D eigenvalue weighted by Gasteiger charge is 1.76. The molecule has 0 aliphatic rings. The fraction of sp³-hybridized carbons (Fsp3) is 0.250. The maximum atomic E-state index is 9.49. The van der Waals surface area contributed by atoms with Gasteiger partial charge in [0.15, 0.2) is 0 Å². The zero-order valence-electron chi connectivity index (χ0n) is 5.90. The van der Waals surface area contributed by atoms with E-state index in [4.69, 9.17) is 0 Å². The second-order valence-electron chi connectivity index (χ2n) is 1.07. The van der Waals surface area contributed by atoms with Crippen molar-refractivity contribution >= 4 is 5.97 Å². The molecule has 0 aliphatic heterocycles. The average molecular weight is 248 g/mol. The molecule has 0 aromatic rings. The lowest BCUT2D eigenvalue weighted by Crippen LogP contribution is -3.00. The molecule has 58 valence electrons. The Morgan fingerprint density at radius 1 is 1.44 bits per heavy atom. The Bertz CT molecular complexity index is 82.6. The standard InChI is InChI=1S/C4H6O2.HI.2H3N/c1-3(2)4(5)6;;;/h1H2,2H3,(H,5,6);1H;2*1H3. The molecule has 0 aromatic heterocycles. The van der Waals surface area contributed by atoms with E-state index in [1.165, 1.54) is 6.92 Å². The quantitative estimate of drug-likeness (QED) is 0.382. The van der Waals surface area contributed by atoms with Gasteiger partial charge >= 0.3 is 0 Å². The van der Waals surface area contributed by atoms with E-state index < -0.39 is 5.97 Å². The highest BCUT2D eigenvalue weighted by molar-refractivity contribution is 5.82. The van der Waals surface area contributed by atoms with Crippen LogP contribution >= 0.6 is 0 Å². The molecule has 5 heteroatoms. The molecule has 0 radical (unpaired) electrons. The van der Waals surface area contributed by atoms with Crippen LogP contribution in [0.25, 0.3) is 0 Å². The van der Waals surface area contributed by atoms with Crippen LogP contribution in [0.2, 0.25) is 0 Å². The van der Waals surface area contributed by atoms with Crippen molar-refractivity contribution in [1.82, 2.24) is 12.3 Å². The first-order valence-corrected chi connectivity index (χ1v) is 1.51. The Kier molecular flexibility index (Phi) is 27.7. The summed E-state index contributed by atoms with van der Waals surface area (Å²) in [4.78, 5) is 9.49. The van der Waals surface area contributed by atoms with Gasteiger partial charge < -0.3 is 46.2 Å². The van der Waals surface area contributed by atoms with E-state index in [-0.39, 0.29) is 41.9 Å². The topological polar surface area (TPSA) is 113 Å². The summed E-state index contributed by atoms with van der Waals surface area (Å²) in [6.07, 6.45) is 0. The molecule has 0 heterocycles. The van der Waals surface area contributed by atoms with Crippen LogP contribution in [0.5, 0.6) is 0 Å². The van der Waals surface area contributed by atoms with Gasteiger partial charge in [-0.1, -0.05) is 6.58 Å². The van der Waals surface area contributed by atoms with Gasteiger partial charge in [0.2, 0.25) is 0 Å². The largest absolute Gasteiger partial charge is 1.00 e. The third-order valence-corrected chi connectivity index (χ3v) is 0.348. The lowest BCUT2D eigenvalue weighted by atomic mass is 10.4. The van der Waals surface area contributed by atoms with Crippen LogP contribution in [0.15, 0.2) is 12.2 Å². The van der Waals surface area contributed by atoms with Crippen molar-refractivity contribution in [3.05, 3.63) is 12.2 Å². The van der Waals surface area contributed by atoms with E-state index in [0.717, 1.165) is 0 Å². The van der Waals surface area contributed by atoms with Gasteiger partial charge in [-0.05, 0) is 12.5 Å². The van der Waals surface area contributed by atoms with Gasteiger partial charge in [-0.15, -0.1) is 0 Å². The molecule has 0 amide bonds. The van der Waals surface area contributed by atoms with Crippen molar-refractivity contribution in [1.29, 1.82) is 0 Å². The minimum absolute atomic E-state index is 0. The zero-order valence-corrected chi connectivity index (χ0v) is 8.06. The second-order valence-corrected chi connectivity index (χ2v) is 1.07. The maximum absolute atomic E-state index is 9.49. The number of carbonyl (C=O) groups is 1. The molecular weight excluding hydrogens is 235 g/mol. The van der Waals surface area contributed by atoms with Gasteiger partial charge in [-0.2, -0.15) is 0 Å². The Labute approximate surface area is 71.5 Å². The third-order valence-electron chi connectivity index (χ3n) is 0.348. The van der Waals surface area contributed by atoms with Crippen LogP contribution in [-0.2, 0) is 4.79 Å². The number of rotatable bonds is 1. The number of carbonyl (C=O) groups excluding carboxylic acids is 1. The highest BCUT2D eigenvalue weighted by atomic mass is 127. The van der Waals surface area contributed by atoms with E-state index in [0.29, 0.717) is 0 Å².